The van der Waals surface area contributed by atoms with E-state index < -0.39 is 29.2 Å². The summed E-state index contributed by atoms with van der Waals surface area (Å²) in [7, 11) is 0. The fourth-order valence-corrected chi connectivity index (χ4v) is 2.86. The number of rotatable bonds is 4. The van der Waals surface area contributed by atoms with Crippen LogP contribution >= 0.6 is 11.6 Å². The van der Waals surface area contributed by atoms with Gasteiger partial charge in [0, 0.05) is 12.2 Å². The van der Waals surface area contributed by atoms with Gasteiger partial charge in [0.15, 0.2) is 0 Å². The second-order valence-corrected chi connectivity index (χ2v) is 6.20. The smallest absolute Gasteiger partial charge is 0.319 e. The molecule has 1 heterocycles. The number of hydrogen-bond acceptors (Lipinski definition) is 3. The molecule has 2 aliphatic rings. The number of carbonyl (C=O) groups excluding carboxylic acids is 2. The standard InChI is InChI=1S/C15H14ClFN2O4/c16-9-7-8(1-2-10(9)17)19-6-3-11(12(19)20)18-13(21)15(4-5-15)14(22)23/h1-2,7,11H,3-6H2,(H,18,21)(H,22,23)/t11-/m0/s1. The van der Waals surface area contributed by atoms with Gasteiger partial charge in [0.25, 0.3) is 0 Å². The lowest BCUT2D eigenvalue weighted by atomic mass is 10.1. The quantitative estimate of drug-likeness (QED) is 0.814. The highest BCUT2D eigenvalue weighted by atomic mass is 35.5. The van der Waals surface area contributed by atoms with Crippen LogP contribution in [0.1, 0.15) is 19.3 Å². The highest BCUT2D eigenvalue weighted by molar-refractivity contribution is 6.31. The Labute approximate surface area is 136 Å². The largest absolute Gasteiger partial charge is 0.480 e. The Morgan fingerprint density at radius 2 is 2.09 bits per heavy atom. The molecule has 1 aromatic rings. The van der Waals surface area contributed by atoms with Crippen molar-refractivity contribution in [1.29, 1.82) is 0 Å². The number of carboxylic acid groups (broad SMARTS) is 1. The first-order valence-corrected chi connectivity index (χ1v) is 7.54. The van der Waals surface area contributed by atoms with E-state index in [4.69, 9.17) is 16.7 Å². The first kappa shape index (κ1) is 15.7. The summed E-state index contributed by atoms with van der Waals surface area (Å²) in [4.78, 5) is 37.0. The van der Waals surface area contributed by atoms with Crippen LogP contribution in [0, 0.1) is 11.2 Å². The number of halogens is 2. The first-order valence-electron chi connectivity index (χ1n) is 7.16. The van der Waals surface area contributed by atoms with Gasteiger partial charge in [0.1, 0.15) is 17.3 Å². The summed E-state index contributed by atoms with van der Waals surface area (Å²) >= 11 is 5.72. The molecule has 8 heteroatoms. The molecule has 122 valence electrons. The average Bonchev–Trinajstić information content (AvgIpc) is 3.24. The minimum Gasteiger partial charge on any atom is -0.480 e. The highest BCUT2D eigenvalue weighted by Gasteiger charge is 2.57. The third kappa shape index (κ3) is 2.65. The molecule has 3 rings (SSSR count). The second kappa shape index (κ2) is 5.49. The Balaban J connectivity index is 1.71. The molecule has 0 aromatic heterocycles. The number of hydrogen-bond donors (Lipinski definition) is 2. The van der Waals surface area contributed by atoms with Gasteiger partial charge in [0.2, 0.25) is 11.8 Å². The first-order chi connectivity index (χ1) is 10.8. The number of nitrogens with zero attached hydrogens (tertiary/aromatic N) is 1. The molecule has 1 atom stereocenters. The lowest BCUT2D eigenvalue weighted by molar-refractivity contribution is -0.149. The van der Waals surface area contributed by atoms with E-state index in [0.29, 0.717) is 18.7 Å². The highest BCUT2D eigenvalue weighted by Crippen LogP contribution is 2.46. The number of carboxylic acids is 1. The summed E-state index contributed by atoms with van der Waals surface area (Å²) in [5.74, 6) is -2.73. The van der Waals surface area contributed by atoms with E-state index >= 15 is 0 Å². The maximum atomic E-state index is 13.2. The molecule has 0 radical (unpaired) electrons. The van der Waals surface area contributed by atoms with E-state index in [-0.39, 0.29) is 23.8 Å². The summed E-state index contributed by atoms with van der Waals surface area (Å²) in [6, 6.07) is 3.17. The number of benzene rings is 1. The Morgan fingerprint density at radius 3 is 2.65 bits per heavy atom. The molecular weight excluding hydrogens is 327 g/mol. The summed E-state index contributed by atoms with van der Waals surface area (Å²) in [5.41, 5.74) is -0.940. The van der Waals surface area contributed by atoms with Crippen LogP contribution in [0.15, 0.2) is 18.2 Å². The molecule has 1 saturated carbocycles. The van der Waals surface area contributed by atoms with Crippen molar-refractivity contribution in [3.63, 3.8) is 0 Å². The Hall–Kier alpha value is -2.15. The van der Waals surface area contributed by atoms with E-state index in [1.807, 2.05) is 0 Å². The monoisotopic (exact) mass is 340 g/mol. The normalized spacial score (nSPS) is 22.1. The molecule has 2 N–H and O–H groups in total. The number of amides is 2. The third-order valence-corrected chi connectivity index (χ3v) is 4.61. The Bertz CT molecular complexity index is 705. The van der Waals surface area contributed by atoms with Gasteiger partial charge in [0.05, 0.1) is 5.02 Å². The predicted molar refractivity (Wildman–Crippen MR) is 79.6 cm³/mol. The van der Waals surface area contributed by atoms with Gasteiger partial charge in [-0.3, -0.25) is 14.4 Å². The van der Waals surface area contributed by atoms with Gasteiger partial charge in [-0.2, -0.15) is 0 Å². The van der Waals surface area contributed by atoms with Crippen molar-refractivity contribution in [3.05, 3.63) is 29.0 Å². The third-order valence-electron chi connectivity index (χ3n) is 4.32. The topological polar surface area (TPSA) is 86.7 Å². The number of carbonyl (C=O) groups is 3. The van der Waals surface area contributed by atoms with Gasteiger partial charge < -0.3 is 15.3 Å². The van der Waals surface area contributed by atoms with Crippen LogP contribution in [0.25, 0.3) is 0 Å². The Kier molecular flexibility index (Phi) is 3.75. The Morgan fingerprint density at radius 1 is 1.39 bits per heavy atom. The van der Waals surface area contributed by atoms with Crippen molar-refractivity contribution < 1.29 is 23.9 Å². The van der Waals surface area contributed by atoms with E-state index in [1.54, 1.807) is 0 Å². The molecule has 1 aliphatic carbocycles. The van der Waals surface area contributed by atoms with Crippen LogP contribution in [0.3, 0.4) is 0 Å². The molecule has 1 aliphatic heterocycles. The lowest BCUT2D eigenvalue weighted by Gasteiger charge is -2.18. The van der Waals surface area contributed by atoms with Crippen LogP contribution < -0.4 is 10.2 Å². The number of aliphatic carboxylic acids is 1. The zero-order valence-corrected chi connectivity index (χ0v) is 12.8. The molecule has 0 bridgehead atoms. The van der Waals surface area contributed by atoms with Crippen LogP contribution in [0.2, 0.25) is 5.02 Å². The van der Waals surface area contributed by atoms with Crippen LogP contribution in [0.4, 0.5) is 10.1 Å². The maximum absolute atomic E-state index is 13.2. The van der Waals surface area contributed by atoms with Gasteiger partial charge >= 0.3 is 5.97 Å². The zero-order chi connectivity index (χ0) is 16.8. The van der Waals surface area contributed by atoms with E-state index in [2.05, 4.69) is 5.32 Å². The van der Waals surface area contributed by atoms with Gasteiger partial charge in [-0.25, -0.2) is 4.39 Å². The molecule has 0 spiro atoms. The summed E-state index contributed by atoms with van der Waals surface area (Å²) < 4.78 is 13.2. The fourth-order valence-electron chi connectivity index (χ4n) is 2.68. The SMILES string of the molecule is O=C1[C@@H](NC(=O)C2(C(=O)O)CC2)CCN1c1ccc(F)c(Cl)c1. The molecule has 1 aromatic carbocycles. The summed E-state index contributed by atoms with van der Waals surface area (Å²) in [6.07, 6.45) is 0.925. The molecular formula is C15H14ClFN2O4. The lowest BCUT2D eigenvalue weighted by Crippen LogP contribution is -2.46. The van der Waals surface area contributed by atoms with E-state index in [1.165, 1.54) is 23.1 Å². The maximum Gasteiger partial charge on any atom is 0.319 e. The summed E-state index contributed by atoms with van der Waals surface area (Å²) in [6.45, 7) is 0.339. The van der Waals surface area contributed by atoms with Gasteiger partial charge in [-0.05, 0) is 37.5 Å². The molecule has 2 fully saturated rings. The second-order valence-electron chi connectivity index (χ2n) is 5.79. The molecule has 0 unspecified atom stereocenters. The van der Waals surface area contributed by atoms with Gasteiger partial charge in [-0.1, -0.05) is 11.6 Å². The predicted octanol–water partition coefficient (Wildman–Crippen LogP) is 1.57. The van der Waals surface area contributed by atoms with E-state index in [9.17, 15) is 18.8 Å². The van der Waals surface area contributed by atoms with Crippen molar-refractivity contribution in [2.24, 2.45) is 5.41 Å². The molecule has 2 amide bonds. The number of anilines is 1. The van der Waals surface area contributed by atoms with Crippen molar-refractivity contribution in [3.8, 4) is 0 Å². The fraction of sp³-hybridized carbons (Fsp3) is 0.400. The van der Waals surface area contributed by atoms with Crippen molar-refractivity contribution >= 4 is 35.1 Å². The van der Waals surface area contributed by atoms with Crippen LogP contribution in [0.5, 0.6) is 0 Å². The van der Waals surface area contributed by atoms with Crippen molar-refractivity contribution in [2.45, 2.75) is 25.3 Å². The van der Waals surface area contributed by atoms with Crippen LogP contribution in [-0.2, 0) is 14.4 Å². The zero-order valence-electron chi connectivity index (χ0n) is 12.0. The van der Waals surface area contributed by atoms with Crippen molar-refractivity contribution in [1.82, 2.24) is 5.32 Å². The molecule has 1 saturated heterocycles. The molecule has 6 nitrogen and oxygen atoms in total. The van der Waals surface area contributed by atoms with Crippen LogP contribution in [-0.4, -0.2) is 35.5 Å². The summed E-state index contributed by atoms with van der Waals surface area (Å²) in [5, 5.41) is 11.5. The molecule has 23 heavy (non-hydrogen) atoms. The number of nitrogens with one attached hydrogen (secondary N) is 1. The van der Waals surface area contributed by atoms with E-state index in [0.717, 1.165) is 0 Å². The van der Waals surface area contributed by atoms with Gasteiger partial charge in [-0.15, -0.1) is 0 Å². The average molecular weight is 341 g/mol. The minimum absolute atomic E-state index is 0.0920. The minimum atomic E-state index is -1.38. The van der Waals surface area contributed by atoms with Crippen molar-refractivity contribution in [2.75, 3.05) is 11.4 Å².